The topological polar surface area (TPSA) is 21.3 Å². The number of fused-ring (bicyclic) bond motifs is 9. The zero-order chi connectivity index (χ0) is 42.8. The number of para-hydroxylation sites is 2. The van der Waals surface area contributed by atoms with Gasteiger partial charge in [-0.2, -0.15) is 0 Å². The maximum absolute atomic E-state index is 6.72. The average Bonchev–Trinajstić information content (AvgIpc) is 3.93. The van der Waals surface area contributed by atoms with Gasteiger partial charge >= 0.3 is 0 Å². The quantitative estimate of drug-likeness (QED) is 0.160. The van der Waals surface area contributed by atoms with E-state index in [1.807, 2.05) is 0 Å². The molecule has 0 aliphatic carbocycles. The Kier molecular flexibility index (Phi) is 8.53. The Morgan fingerprint density at radius 1 is 0.308 bits per heavy atom. The Morgan fingerprint density at radius 3 is 1.54 bits per heavy atom. The van der Waals surface area contributed by atoms with Crippen molar-refractivity contribution in [3.8, 4) is 39.1 Å². The lowest BCUT2D eigenvalue weighted by Crippen LogP contribution is -2.09. The zero-order valence-electron chi connectivity index (χ0n) is 35.4. The third kappa shape index (κ3) is 6.20. The highest BCUT2D eigenvalue weighted by Gasteiger charge is 2.18. The summed E-state index contributed by atoms with van der Waals surface area (Å²) in [6.07, 6.45) is 0. The first-order valence-corrected chi connectivity index (χ1v) is 22.2. The van der Waals surface area contributed by atoms with Crippen molar-refractivity contribution in [1.82, 2.24) is 4.57 Å². The number of hydrogen-bond donors (Lipinski definition) is 0. The van der Waals surface area contributed by atoms with Crippen LogP contribution in [0, 0.1) is 0 Å². The predicted octanol–water partition coefficient (Wildman–Crippen LogP) is 17.5. The molecule has 0 amide bonds. The number of anilines is 3. The molecule has 0 saturated carbocycles. The van der Waals surface area contributed by atoms with E-state index < -0.39 is 0 Å². The fourth-order valence-corrected chi connectivity index (χ4v) is 10.1. The SMILES string of the molecule is c1cc(-c2ccc(N(c3ccc(-c4cccc(-n5c6ccccc6c6ccccc65)c4)cc3)c3ccc4c(c3)oc3c5ccccc5ccc43)cc2)cc(-c2cccc3ccccc23)c1. The van der Waals surface area contributed by atoms with Gasteiger partial charge in [-0.05, 0) is 122 Å². The summed E-state index contributed by atoms with van der Waals surface area (Å²) >= 11 is 0. The molecule has 0 saturated heterocycles. The van der Waals surface area contributed by atoms with Gasteiger partial charge in [0, 0.05) is 55.7 Å². The molecule has 0 fully saturated rings. The molecule has 11 aromatic carbocycles. The first-order chi connectivity index (χ1) is 32.2. The van der Waals surface area contributed by atoms with Crippen molar-refractivity contribution >= 4 is 82.4 Å². The summed E-state index contributed by atoms with van der Waals surface area (Å²) in [6.45, 7) is 0. The molecule has 304 valence electrons. The van der Waals surface area contributed by atoms with Crippen LogP contribution in [0.25, 0.3) is 104 Å². The molecule has 13 rings (SSSR count). The lowest BCUT2D eigenvalue weighted by atomic mass is 9.95. The van der Waals surface area contributed by atoms with Gasteiger partial charge in [0.15, 0.2) is 0 Å². The minimum absolute atomic E-state index is 0.860. The van der Waals surface area contributed by atoms with Crippen LogP contribution in [0.2, 0.25) is 0 Å². The molecular formula is C62H40N2O. The zero-order valence-corrected chi connectivity index (χ0v) is 35.4. The minimum atomic E-state index is 0.860. The van der Waals surface area contributed by atoms with E-state index in [9.17, 15) is 0 Å². The van der Waals surface area contributed by atoms with Gasteiger partial charge in [-0.25, -0.2) is 0 Å². The van der Waals surface area contributed by atoms with Crippen molar-refractivity contribution in [1.29, 1.82) is 0 Å². The molecule has 0 spiro atoms. The number of nitrogens with zero attached hydrogens (tertiary/aromatic N) is 2. The molecule has 0 aliphatic heterocycles. The van der Waals surface area contributed by atoms with E-state index in [-0.39, 0.29) is 0 Å². The van der Waals surface area contributed by atoms with Gasteiger partial charge in [0.05, 0.1) is 11.0 Å². The standard InChI is InChI=1S/C62H40N2O/c1-3-19-52-43(12-1)14-11-23-53(52)47-17-9-15-45(38-47)41-26-31-48(32-27-41)63(51-35-37-57-58-36-30-44-13-2-4-20-54(44)62(58)65-61(57)40-51)49-33-28-42(29-34-49)46-16-10-18-50(39-46)64-59-24-7-5-21-55(59)56-22-6-8-25-60(56)64/h1-40H. The molecule has 13 aromatic rings. The highest BCUT2D eigenvalue weighted by molar-refractivity contribution is 6.15. The fourth-order valence-electron chi connectivity index (χ4n) is 10.1. The highest BCUT2D eigenvalue weighted by Crippen LogP contribution is 2.42. The molecule has 0 unspecified atom stereocenters. The van der Waals surface area contributed by atoms with E-state index in [2.05, 4.69) is 252 Å². The van der Waals surface area contributed by atoms with Gasteiger partial charge in [-0.15, -0.1) is 0 Å². The van der Waals surface area contributed by atoms with Crippen LogP contribution in [-0.4, -0.2) is 4.57 Å². The van der Waals surface area contributed by atoms with Crippen LogP contribution in [-0.2, 0) is 0 Å². The molecule has 65 heavy (non-hydrogen) atoms. The highest BCUT2D eigenvalue weighted by atomic mass is 16.3. The summed E-state index contributed by atoms with van der Waals surface area (Å²) < 4.78 is 9.10. The normalized spacial score (nSPS) is 11.7. The molecule has 0 N–H and O–H groups in total. The third-order valence-electron chi connectivity index (χ3n) is 13.2. The van der Waals surface area contributed by atoms with Gasteiger partial charge in [0.2, 0.25) is 0 Å². The Bertz CT molecular complexity index is 3890. The van der Waals surface area contributed by atoms with Crippen LogP contribution in [0.4, 0.5) is 17.1 Å². The first-order valence-electron chi connectivity index (χ1n) is 22.2. The minimum Gasteiger partial charge on any atom is -0.455 e. The van der Waals surface area contributed by atoms with Crippen molar-refractivity contribution in [3.05, 3.63) is 243 Å². The fraction of sp³-hybridized carbons (Fsp3) is 0. The predicted molar refractivity (Wildman–Crippen MR) is 274 cm³/mol. The molecule has 2 heterocycles. The second-order valence-corrected chi connectivity index (χ2v) is 16.9. The Hall–Kier alpha value is -8.66. The summed E-state index contributed by atoms with van der Waals surface area (Å²) in [5.41, 5.74) is 15.6. The maximum Gasteiger partial charge on any atom is 0.143 e. The second-order valence-electron chi connectivity index (χ2n) is 16.9. The van der Waals surface area contributed by atoms with E-state index in [4.69, 9.17) is 4.42 Å². The van der Waals surface area contributed by atoms with E-state index >= 15 is 0 Å². The van der Waals surface area contributed by atoms with E-state index in [1.54, 1.807) is 0 Å². The molecule has 3 nitrogen and oxygen atoms in total. The van der Waals surface area contributed by atoms with Gasteiger partial charge in [0.1, 0.15) is 11.2 Å². The van der Waals surface area contributed by atoms with Gasteiger partial charge in [0.25, 0.3) is 0 Å². The lowest BCUT2D eigenvalue weighted by molar-refractivity contribution is 0.672. The van der Waals surface area contributed by atoms with Crippen LogP contribution in [0.1, 0.15) is 0 Å². The van der Waals surface area contributed by atoms with E-state index in [1.165, 1.54) is 54.7 Å². The Balaban J connectivity index is 0.899. The summed E-state index contributed by atoms with van der Waals surface area (Å²) in [4.78, 5) is 2.33. The monoisotopic (exact) mass is 828 g/mol. The van der Waals surface area contributed by atoms with Crippen LogP contribution in [0.15, 0.2) is 247 Å². The van der Waals surface area contributed by atoms with Gasteiger partial charge in [-0.3, -0.25) is 0 Å². The summed E-state index contributed by atoms with van der Waals surface area (Å²) in [6, 6.07) is 87.6. The van der Waals surface area contributed by atoms with E-state index in [0.29, 0.717) is 0 Å². The number of furan rings is 1. The first kappa shape index (κ1) is 36.9. The van der Waals surface area contributed by atoms with Crippen LogP contribution in [0.5, 0.6) is 0 Å². The van der Waals surface area contributed by atoms with Crippen LogP contribution in [0.3, 0.4) is 0 Å². The maximum atomic E-state index is 6.72. The third-order valence-corrected chi connectivity index (χ3v) is 13.2. The molecule has 0 bridgehead atoms. The lowest BCUT2D eigenvalue weighted by Gasteiger charge is -2.26. The molecule has 0 radical (unpaired) electrons. The van der Waals surface area contributed by atoms with Crippen molar-refractivity contribution < 1.29 is 4.42 Å². The smallest absolute Gasteiger partial charge is 0.143 e. The summed E-state index contributed by atoms with van der Waals surface area (Å²) in [7, 11) is 0. The Morgan fingerprint density at radius 2 is 0.831 bits per heavy atom. The molecule has 0 atom stereocenters. The molecule has 2 aromatic heterocycles. The molecule has 0 aliphatic rings. The van der Waals surface area contributed by atoms with Gasteiger partial charge in [-0.1, -0.05) is 164 Å². The number of benzene rings is 11. The van der Waals surface area contributed by atoms with E-state index in [0.717, 1.165) is 66.8 Å². The largest absolute Gasteiger partial charge is 0.455 e. The summed E-state index contributed by atoms with van der Waals surface area (Å²) in [5, 5.41) is 9.55. The number of rotatable bonds is 7. The molecular weight excluding hydrogens is 789 g/mol. The summed E-state index contributed by atoms with van der Waals surface area (Å²) in [5.74, 6) is 0. The number of aromatic nitrogens is 1. The van der Waals surface area contributed by atoms with Crippen LogP contribution < -0.4 is 4.90 Å². The van der Waals surface area contributed by atoms with Gasteiger partial charge < -0.3 is 13.9 Å². The molecule has 3 heteroatoms. The van der Waals surface area contributed by atoms with Crippen molar-refractivity contribution in [2.24, 2.45) is 0 Å². The van der Waals surface area contributed by atoms with Crippen molar-refractivity contribution in [2.75, 3.05) is 4.90 Å². The van der Waals surface area contributed by atoms with Crippen molar-refractivity contribution in [2.45, 2.75) is 0 Å². The second kappa shape index (κ2) is 15.0. The number of hydrogen-bond acceptors (Lipinski definition) is 2. The Labute approximate surface area is 376 Å². The average molecular weight is 829 g/mol. The van der Waals surface area contributed by atoms with Crippen molar-refractivity contribution in [3.63, 3.8) is 0 Å². The van der Waals surface area contributed by atoms with Crippen LogP contribution >= 0.6 is 0 Å².